The van der Waals surface area contributed by atoms with E-state index in [1.165, 1.54) is 18.2 Å². The third-order valence-corrected chi connectivity index (χ3v) is 3.34. The van der Waals surface area contributed by atoms with Crippen LogP contribution in [0.15, 0.2) is 48.5 Å². The molecule has 20 heavy (non-hydrogen) atoms. The van der Waals surface area contributed by atoms with Crippen LogP contribution in [0.5, 0.6) is 0 Å². The Balaban J connectivity index is 2.48. The summed E-state index contributed by atoms with van der Waals surface area (Å²) in [6.07, 6.45) is 0. The molecule has 0 atom stereocenters. The Kier molecular flexibility index (Phi) is 2.64. The maximum absolute atomic E-state index is 11.4. The molecular weight excluding hydrogens is 256 g/mol. The quantitative estimate of drug-likeness (QED) is 0.697. The van der Waals surface area contributed by atoms with Gasteiger partial charge in [0, 0.05) is 0 Å². The number of aromatic carboxylic acids is 2. The molecule has 3 rings (SSSR count). The number of hydrogen-bond donors (Lipinski definition) is 2. The largest absolute Gasteiger partial charge is 0.478 e. The Labute approximate surface area is 113 Å². The maximum atomic E-state index is 11.4. The van der Waals surface area contributed by atoms with E-state index < -0.39 is 11.9 Å². The molecule has 4 nitrogen and oxygen atoms in total. The summed E-state index contributed by atoms with van der Waals surface area (Å²) in [5.41, 5.74) is 0.319. The number of carbonyl (C=O) groups is 2. The van der Waals surface area contributed by atoms with Crippen molar-refractivity contribution in [1.82, 2.24) is 0 Å². The molecule has 0 fully saturated rings. The lowest BCUT2D eigenvalue weighted by atomic mass is 9.96. The minimum Gasteiger partial charge on any atom is -0.478 e. The highest BCUT2D eigenvalue weighted by molar-refractivity contribution is 6.16. The Morgan fingerprint density at radius 1 is 0.750 bits per heavy atom. The van der Waals surface area contributed by atoms with Crippen LogP contribution in [0.2, 0.25) is 0 Å². The molecule has 3 aromatic rings. The molecule has 98 valence electrons. The van der Waals surface area contributed by atoms with Crippen molar-refractivity contribution in [2.75, 3.05) is 0 Å². The van der Waals surface area contributed by atoms with Crippen molar-refractivity contribution >= 4 is 33.5 Å². The van der Waals surface area contributed by atoms with Gasteiger partial charge in [-0.1, -0.05) is 30.3 Å². The van der Waals surface area contributed by atoms with Crippen LogP contribution in [-0.2, 0) is 0 Å². The lowest BCUT2D eigenvalue weighted by Gasteiger charge is -2.08. The molecule has 4 heteroatoms. The smallest absolute Gasteiger partial charge is 0.336 e. The number of fused-ring (bicyclic) bond motifs is 3. The third kappa shape index (κ3) is 1.78. The van der Waals surface area contributed by atoms with E-state index in [1.807, 2.05) is 12.1 Å². The van der Waals surface area contributed by atoms with Crippen LogP contribution < -0.4 is 0 Å². The van der Waals surface area contributed by atoms with E-state index >= 15 is 0 Å². The van der Waals surface area contributed by atoms with Crippen molar-refractivity contribution in [1.29, 1.82) is 0 Å². The van der Waals surface area contributed by atoms with Crippen molar-refractivity contribution in [2.24, 2.45) is 0 Å². The van der Waals surface area contributed by atoms with Gasteiger partial charge in [0.1, 0.15) is 0 Å². The van der Waals surface area contributed by atoms with Gasteiger partial charge in [-0.25, -0.2) is 9.59 Å². The minimum absolute atomic E-state index is 0.143. The van der Waals surface area contributed by atoms with Gasteiger partial charge in [-0.15, -0.1) is 0 Å². The van der Waals surface area contributed by atoms with E-state index in [4.69, 9.17) is 5.11 Å². The fraction of sp³-hybridized carbons (Fsp3) is 0. The zero-order valence-corrected chi connectivity index (χ0v) is 10.3. The van der Waals surface area contributed by atoms with Gasteiger partial charge >= 0.3 is 11.9 Å². The molecule has 3 aromatic carbocycles. The van der Waals surface area contributed by atoms with Crippen molar-refractivity contribution in [3.63, 3.8) is 0 Å². The molecule has 2 N–H and O–H groups in total. The average molecular weight is 266 g/mol. The summed E-state index contributed by atoms with van der Waals surface area (Å²) in [4.78, 5) is 22.4. The highest BCUT2D eigenvalue weighted by Crippen LogP contribution is 2.29. The molecule has 0 unspecified atom stereocenters. The molecule has 0 aliphatic heterocycles. The zero-order valence-electron chi connectivity index (χ0n) is 10.3. The second-order valence-corrected chi connectivity index (χ2v) is 4.52. The SMILES string of the molecule is O=C(O)c1ccc2c(c1)cc(C(=O)O)c1ccccc12. The molecule has 0 amide bonds. The van der Waals surface area contributed by atoms with Crippen molar-refractivity contribution in [3.8, 4) is 0 Å². The summed E-state index contributed by atoms with van der Waals surface area (Å²) >= 11 is 0. The van der Waals surface area contributed by atoms with Gasteiger partial charge in [0.15, 0.2) is 0 Å². The number of benzene rings is 3. The number of carboxylic acids is 2. The average Bonchev–Trinajstić information content (AvgIpc) is 2.45. The lowest BCUT2D eigenvalue weighted by molar-refractivity contribution is 0.0688. The molecule has 0 saturated heterocycles. The standard InChI is InChI=1S/C16H10O4/c17-15(18)9-5-6-11-10(7-9)8-14(16(19)20)13-4-2-1-3-12(11)13/h1-8H,(H,17,18)(H,19,20). The monoisotopic (exact) mass is 266 g/mol. The van der Waals surface area contributed by atoms with Crippen molar-refractivity contribution in [2.45, 2.75) is 0 Å². The first kappa shape index (κ1) is 12.2. The summed E-state index contributed by atoms with van der Waals surface area (Å²) < 4.78 is 0. The van der Waals surface area contributed by atoms with E-state index in [0.29, 0.717) is 10.8 Å². The Morgan fingerprint density at radius 2 is 1.45 bits per heavy atom. The summed E-state index contributed by atoms with van der Waals surface area (Å²) in [5.74, 6) is -2.05. The van der Waals surface area contributed by atoms with E-state index in [-0.39, 0.29) is 11.1 Å². The van der Waals surface area contributed by atoms with Gasteiger partial charge in [-0.05, 0) is 39.7 Å². The van der Waals surface area contributed by atoms with Crippen LogP contribution in [0.3, 0.4) is 0 Å². The second kappa shape index (κ2) is 4.35. The second-order valence-electron chi connectivity index (χ2n) is 4.52. The van der Waals surface area contributed by atoms with Crippen LogP contribution in [0.25, 0.3) is 21.5 Å². The van der Waals surface area contributed by atoms with E-state index in [2.05, 4.69) is 0 Å². The first-order chi connectivity index (χ1) is 9.58. The van der Waals surface area contributed by atoms with Crippen LogP contribution in [0.1, 0.15) is 20.7 Å². The van der Waals surface area contributed by atoms with E-state index in [0.717, 1.165) is 10.8 Å². The fourth-order valence-corrected chi connectivity index (χ4v) is 2.42. The first-order valence-electron chi connectivity index (χ1n) is 6.00. The molecule has 0 spiro atoms. The van der Waals surface area contributed by atoms with Crippen LogP contribution in [0, 0.1) is 0 Å². The fourth-order valence-electron chi connectivity index (χ4n) is 2.42. The lowest BCUT2D eigenvalue weighted by Crippen LogP contribution is -1.99. The Hall–Kier alpha value is -2.88. The van der Waals surface area contributed by atoms with Gasteiger partial charge in [-0.3, -0.25) is 0 Å². The van der Waals surface area contributed by atoms with Gasteiger partial charge in [0.2, 0.25) is 0 Å². The molecule has 0 heterocycles. The molecular formula is C16H10O4. The molecule has 0 aromatic heterocycles. The number of rotatable bonds is 2. The number of hydrogen-bond acceptors (Lipinski definition) is 2. The van der Waals surface area contributed by atoms with Crippen LogP contribution >= 0.6 is 0 Å². The summed E-state index contributed by atoms with van der Waals surface area (Å²) in [6, 6.07) is 13.5. The first-order valence-corrected chi connectivity index (χ1v) is 6.00. The topological polar surface area (TPSA) is 74.6 Å². The van der Waals surface area contributed by atoms with E-state index in [9.17, 15) is 14.7 Å². The number of carboxylic acid groups (broad SMARTS) is 2. The Morgan fingerprint density at radius 3 is 2.10 bits per heavy atom. The molecule has 0 bridgehead atoms. The zero-order chi connectivity index (χ0) is 14.3. The van der Waals surface area contributed by atoms with E-state index in [1.54, 1.807) is 18.2 Å². The Bertz CT molecular complexity index is 865. The molecule has 0 aliphatic carbocycles. The normalized spacial score (nSPS) is 10.8. The third-order valence-electron chi connectivity index (χ3n) is 3.34. The van der Waals surface area contributed by atoms with Gasteiger partial charge in [-0.2, -0.15) is 0 Å². The van der Waals surface area contributed by atoms with Gasteiger partial charge < -0.3 is 10.2 Å². The molecule has 0 saturated carbocycles. The predicted octanol–water partition coefficient (Wildman–Crippen LogP) is 3.39. The van der Waals surface area contributed by atoms with Gasteiger partial charge in [0.05, 0.1) is 11.1 Å². The minimum atomic E-state index is -1.03. The summed E-state index contributed by atoms with van der Waals surface area (Å²) in [5, 5.41) is 21.2. The highest BCUT2D eigenvalue weighted by Gasteiger charge is 2.13. The van der Waals surface area contributed by atoms with Crippen LogP contribution in [0.4, 0.5) is 0 Å². The molecule has 0 radical (unpaired) electrons. The predicted molar refractivity (Wildman–Crippen MR) is 75.4 cm³/mol. The van der Waals surface area contributed by atoms with Crippen LogP contribution in [-0.4, -0.2) is 22.2 Å². The van der Waals surface area contributed by atoms with Crippen molar-refractivity contribution < 1.29 is 19.8 Å². The van der Waals surface area contributed by atoms with Crippen molar-refractivity contribution in [3.05, 3.63) is 59.7 Å². The summed E-state index contributed by atoms with van der Waals surface area (Å²) in [6.45, 7) is 0. The molecule has 0 aliphatic rings. The summed E-state index contributed by atoms with van der Waals surface area (Å²) in [7, 11) is 0. The highest BCUT2D eigenvalue weighted by atomic mass is 16.4. The maximum Gasteiger partial charge on any atom is 0.336 e. The van der Waals surface area contributed by atoms with Gasteiger partial charge in [0.25, 0.3) is 0 Å².